The molecule has 2 aliphatic rings. The number of carbonyl (C=O) groups is 2. The van der Waals surface area contributed by atoms with Crippen molar-refractivity contribution < 1.29 is 29.3 Å². The molecular weight excluding hydrogens is 466 g/mol. The smallest absolute Gasteiger partial charge is 0.309 e. The molecule has 2 aliphatic heterocycles. The van der Waals surface area contributed by atoms with E-state index >= 15 is 0 Å². The molecule has 2 N–H and O–H groups in total. The van der Waals surface area contributed by atoms with Gasteiger partial charge in [-0.05, 0) is 57.3 Å². The molecule has 6 atom stereocenters. The van der Waals surface area contributed by atoms with Gasteiger partial charge in [-0.2, -0.15) is 0 Å². The lowest BCUT2D eigenvalue weighted by atomic mass is 9.73. The average Bonchev–Trinajstić information content (AvgIpc) is 3.22. The zero-order valence-electron chi connectivity index (χ0n) is 21.7. The van der Waals surface area contributed by atoms with Gasteiger partial charge in [0.2, 0.25) is 0 Å². The number of aliphatic hydroxyl groups is 2. The quantitative estimate of drug-likeness (QED) is 0.348. The van der Waals surface area contributed by atoms with Gasteiger partial charge in [-0.1, -0.05) is 27.4 Å². The molecule has 2 saturated heterocycles. The number of fused-ring (bicyclic) bond motifs is 1. The van der Waals surface area contributed by atoms with Crippen molar-refractivity contribution in [1.82, 2.24) is 4.98 Å². The van der Waals surface area contributed by atoms with Crippen molar-refractivity contribution >= 4 is 29.2 Å². The van der Waals surface area contributed by atoms with Gasteiger partial charge in [0.25, 0.3) is 0 Å². The number of thiazole rings is 1. The summed E-state index contributed by atoms with van der Waals surface area (Å²) in [7, 11) is 0. The third-order valence-corrected chi connectivity index (χ3v) is 8.35. The van der Waals surface area contributed by atoms with Crippen LogP contribution in [0.25, 0.3) is 6.08 Å². The summed E-state index contributed by atoms with van der Waals surface area (Å²) in [6.45, 7) is 14.7. The molecule has 194 valence electrons. The number of epoxide rings is 1. The molecule has 7 nitrogen and oxygen atoms in total. The second-order valence-corrected chi connectivity index (χ2v) is 11.9. The Hall–Kier alpha value is -1.87. The molecule has 0 amide bonds. The lowest BCUT2D eigenvalue weighted by Gasteiger charge is -2.33. The number of aryl methyl sites for hydroxylation is 1. The van der Waals surface area contributed by atoms with Gasteiger partial charge in [0, 0.05) is 17.7 Å². The van der Waals surface area contributed by atoms with Crippen molar-refractivity contribution in [3.05, 3.63) is 33.8 Å². The first-order valence-corrected chi connectivity index (χ1v) is 13.2. The molecule has 0 spiro atoms. The van der Waals surface area contributed by atoms with E-state index in [4.69, 9.17) is 9.47 Å². The molecule has 1 aromatic rings. The van der Waals surface area contributed by atoms with E-state index in [0.29, 0.717) is 18.4 Å². The number of aliphatic hydroxyl groups excluding tert-OH is 2. The van der Waals surface area contributed by atoms with E-state index in [1.807, 2.05) is 32.2 Å². The minimum absolute atomic E-state index is 0.0752. The number of hydrogen-bond donors (Lipinski definition) is 2. The minimum atomic E-state index is -1.26. The number of Topliss-reactive ketones (excluding diaryl/α,β-unsaturated/α-hetero) is 1. The number of cyclic esters (lactones) is 1. The fourth-order valence-corrected chi connectivity index (χ4v) is 5.35. The highest BCUT2D eigenvalue weighted by atomic mass is 32.1. The van der Waals surface area contributed by atoms with E-state index in [1.165, 1.54) is 0 Å². The summed E-state index contributed by atoms with van der Waals surface area (Å²) >= 11 is 1.55. The first-order valence-electron chi connectivity index (χ1n) is 12.3. The summed E-state index contributed by atoms with van der Waals surface area (Å²) in [6, 6.07) is 0. The molecule has 3 heterocycles. The molecule has 0 radical (unpaired) electrons. The van der Waals surface area contributed by atoms with Gasteiger partial charge in [0.05, 0.1) is 46.5 Å². The maximum Gasteiger partial charge on any atom is 0.309 e. The van der Waals surface area contributed by atoms with Gasteiger partial charge in [-0.3, -0.25) is 9.59 Å². The van der Waals surface area contributed by atoms with Crippen molar-refractivity contribution in [3.63, 3.8) is 0 Å². The Balaban J connectivity index is 1.86. The van der Waals surface area contributed by atoms with E-state index in [-0.39, 0.29) is 23.9 Å². The topological polar surface area (TPSA) is 109 Å². The maximum atomic E-state index is 13.2. The number of esters is 1. The fraction of sp³-hybridized carbons (Fsp3) is 0.667. The summed E-state index contributed by atoms with van der Waals surface area (Å²) in [6.07, 6.45) is 1.30. The van der Waals surface area contributed by atoms with Crippen molar-refractivity contribution in [2.45, 2.75) is 104 Å². The van der Waals surface area contributed by atoms with E-state index < -0.39 is 35.6 Å². The molecular formula is C27H39NO6S. The summed E-state index contributed by atoms with van der Waals surface area (Å²) in [5, 5.41) is 24.5. The number of nitrogens with zero attached hydrogens (tertiary/aromatic N) is 1. The van der Waals surface area contributed by atoms with Gasteiger partial charge < -0.3 is 19.7 Å². The second kappa shape index (κ2) is 10.6. The van der Waals surface area contributed by atoms with Crippen LogP contribution in [0.3, 0.4) is 0 Å². The standard InChI is InChI=1S/C27H39NO6S/c1-15-9-8-10-27(7)22(34-27)12-20(16(2)11-19-14-35-18(4)28-19)33-23(30)13-21(29)26(5,6)25(32)17(3)24(15)31/h11,14,17,20-22,24,29,31H,1,8-10,12-13H2,2-7H3/b16-11+/t17-,20+,21+,22+,24+,27-/m1/s1. The molecule has 1 aromatic heterocycles. The number of aromatic nitrogens is 1. The Labute approximate surface area is 212 Å². The van der Waals surface area contributed by atoms with E-state index in [1.54, 1.807) is 32.1 Å². The van der Waals surface area contributed by atoms with E-state index in [0.717, 1.165) is 29.1 Å². The zero-order chi connectivity index (χ0) is 26.1. The van der Waals surface area contributed by atoms with Crippen molar-refractivity contribution in [2.24, 2.45) is 11.3 Å². The van der Waals surface area contributed by atoms with E-state index in [2.05, 4.69) is 11.6 Å². The Bertz CT molecular complexity index is 998. The Kier molecular flexibility index (Phi) is 8.41. The van der Waals surface area contributed by atoms with Crippen LogP contribution in [0.5, 0.6) is 0 Å². The molecule has 3 rings (SSSR count). The first kappa shape index (κ1) is 27.7. The van der Waals surface area contributed by atoms with Crippen LogP contribution in [0.15, 0.2) is 23.1 Å². The predicted octanol–water partition coefficient (Wildman–Crippen LogP) is 4.40. The van der Waals surface area contributed by atoms with Crippen LogP contribution >= 0.6 is 11.3 Å². The summed E-state index contributed by atoms with van der Waals surface area (Å²) < 4.78 is 11.9. The van der Waals surface area contributed by atoms with Gasteiger partial charge in [0.15, 0.2) is 0 Å². The van der Waals surface area contributed by atoms with Crippen LogP contribution in [0.4, 0.5) is 0 Å². The molecule has 0 aromatic carbocycles. The summed E-state index contributed by atoms with van der Waals surface area (Å²) in [5.41, 5.74) is 0.669. The molecule has 0 unspecified atom stereocenters. The van der Waals surface area contributed by atoms with Gasteiger partial charge >= 0.3 is 5.97 Å². The van der Waals surface area contributed by atoms with Crippen LogP contribution < -0.4 is 0 Å². The predicted molar refractivity (Wildman–Crippen MR) is 136 cm³/mol. The van der Waals surface area contributed by atoms with Gasteiger partial charge in [-0.25, -0.2) is 4.98 Å². The van der Waals surface area contributed by atoms with Gasteiger partial charge in [-0.15, -0.1) is 11.3 Å². The second-order valence-electron chi connectivity index (χ2n) is 10.9. The van der Waals surface area contributed by atoms with Crippen molar-refractivity contribution in [3.8, 4) is 0 Å². The monoisotopic (exact) mass is 505 g/mol. The third-order valence-electron chi connectivity index (χ3n) is 7.56. The Morgan fingerprint density at radius 2 is 1.97 bits per heavy atom. The number of hydrogen-bond acceptors (Lipinski definition) is 8. The van der Waals surface area contributed by atoms with E-state index in [9.17, 15) is 19.8 Å². The van der Waals surface area contributed by atoms with Crippen LogP contribution in [0.1, 0.15) is 77.4 Å². The number of ketones is 1. The first-order chi connectivity index (χ1) is 16.2. The highest BCUT2D eigenvalue weighted by Crippen LogP contribution is 2.45. The molecule has 8 heteroatoms. The van der Waals surface area contributed by atoms with Crippen LogP contribution in [0, 0.1) is 18.3 Å². The molecule has 0 saturated carbocycles. The van der Waals surface area contributed by atoms with Crippen molar-refractivity contribution in [2.75, 3.05) is 0 Å². The molecule has 0 aliphatic carbocycles. The lowest BCUT2D eigenvalue weighted by molar-refractivity contribution is -0.154. The Morgan fingerprint density at radius 1 is 1.29 bits per heavy atom. The summed E-state index contributed by atoms with van der Waals surface area (Å²) in [5.74, 6) is -1.66. The maximum absolute atomic E-state index is 13.2. The highest BCUT2D eigenvalue weighted by Gasteiger charge is 2.53. The minimum Gasteiger partial charge on any atom is -0.458 e. The largest absolute Gasteiger partial charge is 0.458 e. The van der Waals surface area contributed by atoms with Crippen LogP contribution in [-0.2, 0) is 19.1 Å². The zero-order valence-corrected chi connectivity index (χ0v) is 22.5. The van der Waals surface area contributed by atoms with Crippen LogP contribution in [-0.4, -0.2) is 57.0 Å². The number of carbonyl (C=O) groups excluding carboxylic acids is 2. The van der Waals surface area contributed by atoms with Crippen LogP contribution in [0.2, 0.25) is 0 Å². The molecule has 0 bridgehead atoms. The van der Waals surface area contributed by atoms with Crippen molar-refractivity contribution in [1.29, 1.82) is 0 Å². The molecule has 2 fully saturated rings. The SMILES string of the molecule is C=C1CCC[C@@]2(C)O[C@H]2C[C@@H](/C(C)=C/c2csc(C)n2)OC(=O)C[C@H](O)C(C)(C)C(=O)[C@H](C)[C@H]1O. The lowest BCUT2D eigenvalue weighted by Crippen LogP contribution is -2.45. The fourth-order valence-electron chi connectivity index (χ4n) is 4.78. The number of ether oxygens (including phenoxy) is 2. The summed E-state index contributed by atoms with van der Waals surface area (Å²) in [4.78, 5) is 30.6. The normalized spacial score (nSPS) is 35.4. The highest BCUT2D eigenvalue weighted by molar-refractivity contribution is 7.09. The Morgan fingerprint density at radius 3 is 2.60 bits per heavy atom. The molecule has 35 heavy (non-hydrogen) atoms. The average molecular weight is 506 g/mol. The number of rotatable bonds is 2. The van der Waals surface area contributed by atoms with Gasteiger partial charge in [0.1, 0.15) is 11.9 Å². The third kappa shape index (κ3) is 6.47.